The summed E-state index contributed by atoms with van der Waals surface area (Å²) in [5, 5.41) is 5.13. The predicted molar refractivity (Wildman–Crippen MR) is 110 cm³/mol. The second kappa shape index (κ2) is 7.50. The number of hydrogen-bond donors (Lipinski definition) is 1. The molecule has 7 heteroatoms. The lowest BCUT2D eigenvalue weighted by molar-refractivity contribution is 0.459. The fourth-order valence-electron chi connectivity index (χ4n) is 3.06. The molecule has 2 N–H and O–H groups in total. The molecule has 4 rings (SSSR count). The van der Waals surface area contributed by atoms with Crippen LogP contribution in [0, 0.1) is 5.82 Å². The minimum atomic E-state index is -0.445. The van der Waals surface area contributed by atoms with Crippen LogP contribution in [0.25, 0.3) is 22.2 Å². The molecule has 2 heterocycles. The van der Waals surface area contributed by atoms with Crippen LogP contribution in [0.15, 0.2) is 68.2 Å². The summed E-state index contributed by atoms with van der Waals surface area (Å²) >= 11 is 6.71. The largest absolute Gasteiger partial charge is 0.356 e. The fraction of sp³-hybridized carbons (Fsp3) is 0.100. The predicted octanol–water partition coefficient (Wildman–Crippen LogP) is 5.80. The Balaban J connectivity index is 1.75. The van der Waals surface area contributed by atoms with Gasteiger partial charge in [0.1, 0.15) is 16.1 Å². The third kappa shape index (κ3) is 3.67. The molecule has 4 aromatic rings. The van der Waals surface area contributed by atoms with Crippen LogP contribution in [0.4, 0.5) is 4.39 Å². The first-order valence-electron chi connectivity index (χ1n) is 8.23. The Morgan fingerprint density at radius 2 is 1.89 bits per heavy atom. The Hall–Kier alpha value is -2.09. The Kier molecular flexibility index (Phi) is 5.08. The van der Waals surface area contributed by atoms with Crippen molar-refractivity contribution < 1.29 is 8.91 Å². The molecule has 0 spiro atoms. The van der Waals surface area contributed by atoms with E-state index < -0.39 is 6.04 Å². The molecule has 1 atom stereocenters. The summed E-state index contributed by atoms with van der Waals surface area (Å²) in [6, 6.07) is 16.0. The summed E-state index contributed by atoms with van der Waals surface area (Å²) in [7, 11) is 0. The van der Waals surface area contributed by atoms with Crippen LogP contribution in [0.1, 0.15) is 17.3 Å². The Labute approximate surface area is 171 Å². The summed E-state index contributed by atoms with van der Waals surface area (Å²) in [6.45, 7) is 0. The average Bonchev–Trinajstić information content (AvgIpc) is 3.07. The first-order valence-corrected chi connectivity index (χ1v) is 9.82. The van der Waals surface area contributed by atoms with E-state index in [9.17, 15) is 4.39 Å². The molecule has 0 amide bonds. The van der Waals surface area contributed by atoms with E-state index in [2.05, 4.69) is 42.0 Å². The molecule has 0 saturated heterocycles. The van der Waals surface area contributed by atoms with Crippen molar-refractivity contribution in [3.63, 3.8) is 0 Å². The van der Waals surface area contributed by atoms with E-state index in [4.69, 9.17) is 10.3 Å². The van der Waals surface area contributed by atoms with Gasteiger partial charge in [-0.3, -0.25) is 0 Å². The van der Waals surface area contributed by atoms with E-state index in [1.165, 1.54) is 6.07 Å². The molecule has 1 unspecified atom stereocenters. The molecule has 4 nitrogen and oxygen atoms in total. The highest BCUT2D eigenvalue weighted by Crippen LogP contribution is 2.34. The lowest BCUT2D eigenvalue weighted by Gasteiger charge is -2.16. The van der Waals surface area contributed by atoms with Gasteiger partial charge in [-0.1, -0.05) is 45.4 Å². The molecule has 27 heavy (non-hydrogen) atoms. The van der Waals surface area contributed by atoms with E-state index in [-0.39, 0.29) is 12.2 Å². The second-order valence-corrected chi connectivity index (χ2v) is 7.86. The summed E-state index contributed by atoms with van der Waals surface area (Å²) in [4.78, 5) is 4.21. The summed E-state index contributed by atoms with van der Waals surface area (Å²) in [5.74, 6) is -0.372. The molecule has 2 aromatic carbocycles. The zero-order valence-electron chi connectivity index (χ0n) is 14.0. The Morgan fingerprint density at radius 1 is 1.07 bits per heavy atom. The molecule has 136 valence electrons. The van der Waals surface area contributed by atoms with Crippen LogP contribution in [-0.2, 0) is 6.42 Å². The molecule has 0 aliphatic heterocycles. The van der Waals surface area contributed by atoms with E-state index in [1.807, 2.05) is 42.5 Å². The zero-order valence-corrected chi connectivity index (χ0v) is 17.2. The van der Waals surface area contributed by atoms with Crippen molar-refractivity contribution in [1.82, 2.24) is 10.1 Å². The molecule has 0 saturated carbocycles. The van der Waals surface area contributed by atoms with Crippen LogP contribution in [-0.4, -0.2) is 10.1 Å². The molecule has 0 aliphatic rings. The lowest BCUT2D eigenvalue weighted by atomic mass is 9.94. The van der Waals surface area contributed by atoms with Gasteiger partial charge < -0.3 is 10.3 Å². The van der Waals surface area contributed by atoms with Crippen molar-refractivity contribution in [2.45, 2.75) is 12.5 Å². The first kappa shape index (κ1) is 18.3. The molecule has 0 bridgehead atoms. The minimum absolute atomic E-state index is 0.267. The number of hydrogen-bond acceptors (Lipinski definition) is 4. The fourth-order valence-corrected chi connectivity index (χ4v) is 3.75. The lowest BCUT2D eigenvalue weighted by Crippen LogP contribution is -2.16. The maximum Gasteiger partial charge on any atom is 0.168 e. The highest BCUT2D eigenvalue weighted by Gasteiger charge is 2.19. The van der Waals surface area contributed by atoms with E-state index in [0.29, 0.717) is 21.6 Å². The number of nitrogens with two attached hydrogens (primary N) is 1. The van der Waals surface area contributed by atoms with Crippen molar-refractivity contribution in [3.8, 4) is 11.3 Å². The highest BCUT2D eigenvalue weighted by atomic mass is 79.9. The van der Waals surface area contributed by atoms with Gasteiger partial charge in [0.05, 0.1) is 5.69 Å². The molecule has 2 aromatic heterocycles. The molecular weight excluding hydrogens is 477 g/mol. The second-order valence-electron chi connectivity index (χ2n) is 6.13. The molecule has 0 radical (unpaired) electrons. The number of aromatic nitrogens is 2. The van der Waals surface area contributed by atoms with Crippen LogP contribution >= 0.6 is 31.9 Å². The van der Waals surface area contributed by atoms with Gasteiger partial charge >= 0.3 is 0 Å². The van der Waals surface area contributed by atoms with Gasteiger partial charge in [-0.15, -0.1) is 0 Å². The van der Waals surface area contributed by atoms with Gasteiger partial charge in [0, 0.05) is 27.9 Å². The SMILES string of the molecule is NC(Cc1nc(Br)ccc1F)c1ccccc1-c1noc2cc(Br)ccc12. The van der Waals surface area contributed by atoms with Crippen molar-refractivity contribution in [2.24, 2.45) is 5.73 Å². The van der Waals surface area contributed by atoms with Gasteiger partial charge in [0.2, 0.25) is 0 Å². The molecular formula is C20H14Br2FN3O. The quantitative estimate of drug-likeness (QED) is 0.367. The van der Waals surface area contributed by atoms with E-state index in [0.717, 1.165) is 21.0 Å². The number of rotatable bonds is 4. The van der Waals surface area contributed by atoms with E-state index in [1.54, 1.807) is 6.07 Å². The Bertz CT molecular complexity index is 1130. The van der Waals surface area contributed by atoms with Crippen LogP contribution < -0.4 is 5.73 Å². The third-order valence-electron chi connectivity index (χ3n) is 4.35. The van der Waals surface area contributed by atoms with Gasteiger partial charge in [0.15, 0.2) is 5.58 Å². The minimum Gasteiger partial charge on any atom is -0.356 e. The number of pyridine rings is 1. The number of benzene rings is 2. The Morgan fingerprint density at radius 3 is 2.74 bits per heavy atom. The first-order chi connectivity index (χ1) is 13.0. The summed E-state index contributed by atoms with van der Waals surface area (Å²) < 4.78 is 21.1. The summed E-state index contributed by atoms with van der Waals surface area (Å²) in [6.07, 6.45) is 0.267. The maximum absolute atomic E-state index is 14.1. The van der Waals surface area contributed by atoms with Crippen molar-refractivity contribution in [3.05, 3.63) is 80.7 Å². The smallest absolute Gasteiger partial charge is 0.168 e. The van der Waals surface area contributed by atoms with Gasteiger partial charge in [0.25, 0.3) is 0 Å². The standard InChI is InChI=1S/C20H14Br2FN3O/c21-11-5-6-14-18(9-11)27-26-20(14)13-4-2-1-3-12(13)16(24)10-17-15(23)7-8-19(22)25-17/h1-9,16H,10,24H2. The highest BCUT2D eigenvalue weighted by molar-refractivity contribution is 9.10. The maximum atomic E-state index is 14.1. The number of halogens is 3. The van der Waals surface area contributed by atoms with Crippen molar-refractivity contribution in [2.75, 3.05) is 0 Å². The monoisotopic (exact) mass is 489 g/mol. The topological polar surface area (TPSA) is 64.9 Å². The normalized spacial score (nSPS) is 12.4. The van der Waals surface area contributed by atoms with E-state index >= 15 is 0 Å². The van der Waals surface area contributed by atoms with Gasteiger partial charge in [-0.2, -0.15) is 0 Å². The number of nitrogens with zero attached hydrogens (tertiary/aromatic N) is 2. The van der Waals surface area contributed by atoms with Crippen LogP contribution in [0.2, 0.25) is 0 Å². The summed E-state index contributed by atoms with van der Waals surface area (Å²) in [5.41, 5.74) is 9.87. The third-order valence-corrected chi connectivity index (χ3v) is 5.28. The van der Waals surface area contributed by atoms with Crippen LogP contribution in [0.3, 0.4) is 0 Å². The molecule has 0 aliphatic carbocycles. The van der Waals surface area contributed by atoms with Gasteiger partial charge in [-0.25, -0.2) is 9.37 Å². The number of fused-ring (bicyclic) bond motifs is 1. The van der Waals surface area contributed by atoms with Crippen molar-refractivity contribution in [1.29, 1.82) is 0 Å². The van der Waals surface area contributed by atoms with Crippen molar-refractivity contribution >= 4 is 42.8 Å². The molecule has 0 fully saturated rings. The zero-order chi connectivity index (χ0) is 19.0. The van der Waals surface area contributed by atoms with Crippen LogP contribution in [0.5, 0.6) is 0 Å². The van der Waals surface area contributed by atoms with Gasteiger partial charge in [-0.05, 0) is 51.8 Å². The average molecular weight is 491 g/mol.